The van der Waals surface area contributed by atoms with Crippen molar-refractivity contribution in [3.05, 3.63) is 86.2 Å². The van der Waals surface area contributed by atoms with Crippen molar-refractivity contribution in [3.63, 3.8) is 0 Å². The average molecular weight is 600 g/mol. The third-order valence-electron chi connectivity index (χ3n) is 7.42. The Balaban J connectivity index is 2.15. The molecule has 0 atom stereocenters. The molecule has 9 nitrogen and oxygen atoms in total. The molecule has 2 aromatic carbocycles. The van der Waals surface area contributed by atoms with Gasteiger partial charge in [0.25, 0.3) is 5.56 Å². The normalized spacial score (nSPS) is 13.0. The highest BCUT2D eigenvalue weighted by atomic mass is 32.2. The molecule has 41 heavy (non-hydrogen) atoms. The zero-order valence-electron chi connectivity index (χ0n) is 25.3. The van der Waals surface area contributed by atoms with Crippen LogP contribution in [0.5, 0.6) is 5.75 Å². The molecule has 0 fully saturated rings. The molecule has 11 heteroatoms. The maximum Gasteiger partial charge on any atom is 0.332 e. The number of benzene rings is 2. The highest BCUT2D eigenvalue weighted by Gasteiger charge is 2.39. The zero-order valence-corrected chi connectivity index (χ0v) is 27.1. The van der Waals surface area contributed by atoms with Gasteiger partial charge in [-0.05, 0) is 48.0 Å². The van der Waals surface area contributed by atoms with E-state index in [0.29, 0.717) is 29.3 Å². The van der Waals surface area contributed by atoms with Crippen LogP contribution < -0.4 is 20.7 Å². The number of aromatic amines is 1. The summed E-state index contributed by atoms with van der Waals surface area (Å²) in [5, 5.41) is 0.0277. The van der Waals surface area contributed by atoms with E-state index in [2.05, 4.69) is 57.4 Å². The minimum atomic E-state index is -3.38. The van der Waals surface area contributed by atoms with E-state index in [1.807, 2.05) is 18.2 Å². The third kappa shape index (κ3) is 7.87. The number of aromatic nitrogens is 2. The van der Waals surface area contributed by atoms with Crippen LogP contribution in [0.4, 0.5) is 5.69 Å². The lowest BCUT2D eigenvalue weighted by atomic mass is 9.83. The van der Waals surface area contributed by atoms with E-state index in [-0.39, 0.29) is 5.04 Å². The Morgan fingerprint density at radius 2 is 1.63 bits per heavy atom. The van der Waals surface area contributed by atoms with Gasteiger partial charge in [0.1, 0.15) is 5.75 Å². The third-order valence-corrected chi connectivity index (χ3v) is 12.5. The van der Waals surface area contributed by atoms with Gasteiger partial charge in [-0.3, -0.25) is 9.52 Å². The van der Waals surface area contributed by atoms with E-state index in [9.17, 15) is 18.0 Å². The summed E-state index contributed by atoms with van der Waals surface area (Å²) >= 11 is 0. The van der Waals surface area contributed by atoms with Gasteiger partial charge in [0.15, 0.2) is 8.32 Å². The van der Waals surface area contributed by atoms with Crippen LogP contribution in [-0.2, 0) is 19.9 Å². The number of ether oxygens (including phenoxy) is 1. The number of rotatable bonds is 10. The quantitative estimate of drug-likeness (QED) is 0.239. The highest BCUT2D eigenvalue weighted by molar-refractivity contribution is 7.92. The molecule has 0 unspecified atom stereocenters. The number of nitrogens with one attached hydrogen (secondary N) is 2. The molecule has 3 rings (SSSR count). The van der Waals surface area contributed by atoms with E-state index < -0.39 is 35.0 Å². The maximum absolute atomic E-state index is 12.8. The topological polar surface area (TPSA) is 119 Å². The molecule has 0 amide bonds. The Bertz CT molecular complexity index is 1620. The molecule has 0 aliphatic heterocycles. The summed E-state index contributed by atoms with van der Waals surface area (Å²) in [6, 6.07) is 11.8. The molecule has 0 saturated carbocycles. The molecule has 2 N–H and O–H groups in total. The number of nitrogens with zero attached hydrogens (tertiary/aromatic N) is 1. The lowest BCUT2D eigenvalue weighted by molar-refractivity contribution is 0.216. The van der Waals surface area contributed by atoms with Gasteiger partial charge in [-0.1, -0.05) is 58.9 Å². The standard InChI is InChI=1S/C30H41N3O6SSi/c1-29(2,3)41(8,9)39-20-30(4,5)25-19-24(33-26(34)16-17-31-28(33)35)18-22(27(25)38-6)13-10-21-11-14-23(15-12-21)32-40(7,36)37/h10-19,32H,20H2,1-9H3,(H,31,35)/b13-10+. The minimum Gasteiger partial charge on any atom is -0.496 e. The first-order chi connectivity index (χ1) is 18.8. The molecule has 1 heterocycles. The first-order valence-electron chi connectivity index (χ1n) is 13.3. The SMILES string of the molecule is COc1c(/C=C/c2ccc(NS(C)(=O)=O)cc2)cc(-n2c(=O)cc[nH]c2=O)cc1C(C)(C)CO[Si](C)(C)C(C)(C)C. The van der Waals surface area contributed by atoms with Gasteiger partial charge >= 0.3 is 5.69 Å². The minimum absolute atomic E-state index is 0.0277. The number of hydrogen-bond donors (Lipinski definition) is 2. The molecule has 0 saturated heterocycles. The first-order valence-corrected chi connectivity index (χ1v) is 18.1. The molecule has 0 radical (unpaired) electrons. The molecule has 222 valence electrons. The van der Waals surface area contributed by atoms with Crippen LogP contribution in [0.3, 0.4) is 0 Å². The summed E-state index contributed by atoms with van der Waals surface area (Å²) < 4.78 is 39.1. The van der Waals surface area contributed by atoms with E-state index in [4.69, 9.17) is 9.16 Å². The second-order valence-corrected chi connectivity index (χ2v) is 18.9. The fourth-order valence-electron chi connectivity index (χ4n) is 4.00. The van der Waals surface area contributed by atoms with Crippen LogP contribution in [-0.4, -0.2) is 46.3 Å². The van der Waals surface area contributed by atoms with Crippen molar-refractivity contribution in [1.29, 1.82) is 0 Å². The fraction of sp³-hybridized carbons (Fsp3) is 0.400. The van der Waals surface area contributed by atoms with Gasteiger partial charge in [0.05, 0.1) is 19.1 Å². The lowest BCUT2D eigenvalue weighted by Crippen LogP contribution is -2.44. The molecular weight excluding hydrogens is 558 g/mol. The molecular formula is C30H41N3O6SSi. The number of H-pyrrole nitrogens is 1. The maximum atomic E-state index is 12.8. The van der Waals surface area contributed by atoms with Crippen LogP contribution in [0.2, 0.25) is 18.1 Å². The van der Waals surface area contributed by atoms with Gasteiger partial charge in [-0.2, -0.15) is 0 Å². The average Bonchev–Trinajstić information content (AvgIpc) is 2.85. The van der Waals surface area contributed by atoms with E-state index in [0.717, 1.165) is 21.9 Å². The van der Waals surface area contributed by atoms with Crippen LogP contribution >= 0.6 is 0 Å². The molecule has 0 aliphatic rings. The van der Waals surface area contributed by atoms with Crippen molar-refractivity contribution in [3.8, 4) is 11.4 Å². The smallest absolute Gasteiger partial charge is 0.332 e. The van der Waals surface area contributed by atoms with Gasteiger partial charge in [0, 0.05) is 41.1 Å². The Kier molecular flexibility index (Phi) is 9.26. The van der Waals surface area contributed by atoms with E-state index in [1.165, 1.54) is 12.3 Å². The molecule has 0 spiro atoms. The van der Waals surface area contributed by atoms with E-state index >= 15 is 0 Å². The Morgan fingerprint density at radius 3 is 2.17 bits per heavy atom. The van der Waals surface area contributed by atoms with Gasteiger partial charge in [0.2, 0.25) is 10.0 Å². The summed E-state index contributed by atoms with van der Waals surface area (Å²) in [5.41, 5.74) is 1.58. The summed E-state index contributed by atoms with van der Waals surface area (Å²) in [6.45, 7) is 15.5. The summed E-state index contributed by atoms with van der Waals surface area (Å²) in [6.07, 6.45) is 6.12. The van der Waals surface area contributed by atoms with E-state index in [1.54, 1.807) is 37.4 Å². The summed E-state index contributed by atoms with van der Waals surface area (Å²) in [4.78, 5) is 28.1. The summed E-state index contributed by atoms with van der Waals surface area (Å²) in [5.74, 6) is 0.601. The lowest BCUT2D eigenvalue weighted by Gasteiger charge is -2.39. The molecule has 1 aromatic heterocycles. The number of sulfonamides is 1. The molecule has 0 aliphatic carbocycles. The molecule has 3 aromatic rings. The fourth-order valence-corrected chi connectivity index (χ4v) is 5.72. The number of anilines is 1. The van der Waals surface area contributed by atoms with Crippen LogP contribution in [0.15, 0.2) is 58.3 Å². The Morgan fingerprint density at radius 1 is 1.00 bits per heavy atom. The van der Waals surface area contributed by atoms with Crippen molar-refractivity contribution in [1.82, 2.24) is 9.55 Å². The van der Waals surface area contributed by atoms with Crippen LogP contribution in [0.1, 0.15) is 51.3 Å². The van der Waals surface area contributed by atoms with Crippen molar-refractivity contribution in [2.45, 2.75) is 58.2 Å². The monoisotopic (exact) mass is 599 g/mol. The van der Waals surface area contributed by atoms with Gasteiger partial charge in [-0.15, -0.1) is 0 Å². The van der Waals surface area contributed by atoms with Crippen molar-refractivity contribution in [2.24, 2.45) is 0 Å². The predicted octanol–water partition coefficient (Wildman–Crippen LogP) is 5.38. The molecule has 0 bridgehead atoms. The highest BCUT2D eigenvalue weighted by Crippen LogP contribution is 2.41. The number of hydrogen-bond acceptors (Lipinski definition) is 6. The summed E-state index contributed by atoms with van der Waals surface area (Å²) in [7, 11) is -3.86. The Hall–Kier alpha value is -3.41. The van der Waals surface area contributed by atoms with Crippen molar-refractivity contribution >= 4 is 36.2 Å². The van der Waals surface area contributed by atoms with Crippen molar-refractivity contribution < 1.29 is 17.6 Å². The zero-order chi connectivity index (χ0) is 30.8. The van der Waals surface area contributed by atoms with Gasteiger partial charge in [-0.25, -0.2) is 17.8 Å². The second-order valence-electron chi connectivity index (χ2n) is 12.3. The largest absolute Gasteiger partial charge is 0.496 e. The number of methoxy groups -OCH3 is 1. The van der Waals surface area contributed by atoms with Crippen LogP contribution in [0.25, 0.3) is 17.8 Å². The van der Waals surface area contributed by atoms with Crippen molar-refractivity contribution in [2.75, 3.05) is 24.7 Å². The van der Waals surface area contributed by atoms with Crippen LogP contribution in [0, 0.1) is 0 Å². The predicted molar refractivity (Wildman–Crippen MR) is 169 cm³/mol. The Labute approximate surface area is 243 Å². The second kappa shape index (κ2) is 11.8. The first kappa shape index (κ1) is 32.1. The van der Waals surface area contributed by atoms with Gasteiger partial charge < -0.3 is 14.1 Å².